The van der Waals surface area contributed by atoms with Crippen LogP contribution in [0.3, 0.4) is 0 Å². The van der Waals surface area contributed by atoms with Crippen LogP contribution in [0.2, 0.25) is 0 Å². The highest BCUT2D eigenvalue weighted by Gasteiger charge is 2.30. The van der Waals surface area contributed by atoms with Crippen molar-refractivity contribution in [3.63, 3.8) is 0 Å². The molecule has 1 fully saturated rings. The maximum absolute atomic E-state index is 9.34. The van der Waals surface area contributed by atoms with Gasteiger partial charge in [0.2, 0.25) is 0 Å². The molecule has 1 aliphatic rings. The van der Waals surface area contributed by atoms with E-state index in [1.165, 1.54) is 11.1 Å². The molecule has 1 aliphatic carbocycles. The van der Waals surface area contributed by atoms with Gasteiger partial charge in [-0.1, -0.05) is 53.7 Å². The number of methoxy groups -OCH3 is 1. The maximum Gasteiger partial charge on any atom is 0.122 e. The fourth-order valence-electron chi connectivity index (χ4n) is 3.45. The Bertz CT molecular complexity index is 651. The summed E-state index contributed by atoms with van der Waals surface area (Å²) in [6, 6.07) is 18.5. The van der Waals surface area contributed by atoms with E-state index < -0.39 is 0 Å². The zero-order valence-corrected chi connectivity index (χ0v) is 12.8. The first-order chi connectivity index (χ1) is 10.8. The van der Waals surface area contributed by atoms with E-state index in [0.29, 0.717) is 5.92 Å². The van der Waals surface area contributed by atoms with Crippen LogP contribution in [-0.4, -0.2) is 18.0 Å². The molecule has 1 N–H and O–H groups in total. The van der Waals surface area contributed by atoms with Crippen LogP contribution in [0.1, 0.15) is 42.2 Å². The smallest absolute Gasteiger partial charge is 0.122 e. The molecular formula is C19H21NO2. The highest BCUT2D eigenvalue weighted by Crippen LogP contribution is 2.42. The third-order valence-corrected chi connectivity index (χ3v) is 4.58. The Morgan fingerprint density at radius 3 is 2.50 bits per heavy atom. The quantitative estimate of drug-likeness (QED) is 0.665. The van der Waals surface area contributed by atoms with Gasteiger partial charge in [0, 0.05) is 5.92 Å². The summed E-state index contributed by atoms with van der Waals surface area (Å²) in [5, 5.41) is 12.9. The number of oxime groups is 1. The molecule has 2 aromatic rings. The fraction of sp³-hybridized carbons (Fsp3) is 0.316. The van der Waals surface area contributed by atoms with E-state index in [4.69, 9.17) is 4.74 Å². The Kier molecular flexibility index (Phi) is 4.42. The minimum Gasteiger partial charge on any atom is -0.496 e. The molecule has 22 heavy (non-hydrogen) atoms. The molecule has 2 atom stereocenters. The lowest BCUT2D eigenvalue weighted by molar-refractivity contribution is 0.311. The summed E-state index contributed by atoms with van der Waals surface area (Å²) in [5.41, 5.74) is 3.36. The molecule has 0 heterocycles. The highest BCUT2D eigenvalue weighted by molar-refractivity contribution is 5.91. The van der Waals surface area contributed by atoms with E-state index in [1.54, 1.807) is 7.11 Å². The van der Waals surface area contributed by atoms with Gasteiger partial charge in [0.05, 0.1) is 12.8 Å². The van der Waals surface area contributed by atoms with Gasteiger partial charge in [0.25, 0.3) is 0 Å². The Hall–Kier alpha value is -2.29. The van der Waals surface area contributed by atoms with Crippen LogP contribution in [0.15, 0.2) is 59.8 Å². The Morgan fingerprint density at radius 1 is 1.05 bits per heavy atom. The van der Waals surface area contributed by atoms with Crippen molar-refractivity contribution in [1.29, 1.82) is 0 Å². The van der Waals surface area contributed by atoms with Crippen molar-refractivity contribution in [2.75, 3.05) is 7.11 Å². The average Bonchev–Trinajstić information content (AvgIpc) is 2.62. The molecule has 3 heteroatoms. The van der Waals surface area contributed by atoms with Crippen LogP contribution in [-0.2, 0) is 0 Å². The molecule has 0 aromatic heterocycles. The van der Waals surface area contributed by atoms with Crippen LogP contribution in [0, 0.1) is 0 Å². The summed E-state index contributed by atoms with van der Waals surface area (Å²) < 4.78 is 5.51. The number of rotatable bonds is 3. The van der Waals surface area contributed by atoms with Crippen molar-refractivity contribution in [3.05, 3.63) is 65.7 Å². The van der Waals surface area contributed by atoms with Crippen LogP contribution in [0.4, 0.5) is 0 Å². The van der Waals surface area contributed by atoms with Crippen molar-refractivity contribution in [3.8, 4) is 5.75 Å². The predicted octanol–water partition coefficient (Wildman–Crippen LogP) is 4.58. The van der Waals surface area contributed by atoms with Gasteiger partial charge in [0.1, 0.15) is 5.75 Å². The van der Waals surface area contributed by atoms with E-state index >= 15 is 0 Å². The Labute approximate surface area is 131 Å². The van der Waals surface area contributed by atoms with Gasteiger partial charge in [-0.2, -0.15) is 0 Å². The highest BCUT2D eigenvalue weighted by atomic mass is 16.5. The summed E-state index contributed by atoms with van der Waals surface area (Å²) in [4.78, 5) is 0. The second-order valence-electron chi connectivity index (χ2n) is 5.77. The lowest BCUT2D eigenvalue weighted by atomic mass is 9.74. The van der Waals surface area contributed by atoms with Gasteiger partial charge < -0.3 is 9.94 Å². The molecule has 0 spiro atoms. The molecule has 3 nitrogen and oxygen atoms in total. The molecule has 0 bridgehead atoms. The third-order valence-electron chi connectivity index (χ3n) is 4.58. The number of hydrogen-bond acceptors (Lipinski definition) is 3. The van der Waals surface area contributed by atoms with E-state index in [9.17, 15) is 5.21 Å². The van der Waals surface area contributed by atoms with Crippen molar-refractivity contribution in [2.24, 2.45) is 5.16 Å². The number of hydrogen-bond donors (Lipinski definition) is 1. The van der Waals surface area contributed by atoms with Crippen molar-refractivity contribution in [2.45, 2.75) is 31.1 Å². The van der Waals surface area contributed by atoms with Gasteiger partial charge in [-0.15, -0.1) is 0 Å². The second kappa shape index (κ2) is 6.65. The van der Waals surface area contributed by atoms with Gasteiger partial charge in [-0.3, -0.25) is 0 Å². The van der Waals surface area contributed by atoms with E-state index in [-0.39, 0.29) is 5.92 Å². The topological polar surface area (TPSA) is 41.8 Å². The number of benzene rings is 2. The molecule has 114 valence electrons. The standard InChI is InChI=1S/C19H21NO2/c1-22-19-10-6-5-9-16(19)15-11-12-18(20-21)17(13-15)14-7-3-2-4-8-14/h2-10,15,17,21H,11-13H2,1H3/b20-18-. The first kappa shape index (κ1) is 14.6. The van der Waals surface area contributed by atoms with Crippen molar-refractivity contribution in [1.82, 2.24) is 0 Å². The minimum absolute atomic E-state index is 0.176. The summed E-state index contributed by atoms with van der Waals surface area (Å²) >= 11 is 0. The molecule has 0 aliphatic heterocycles. The van der Waals surface area contributed by atoms with Gasteiger partial charge >= 0.3 is 0 Å². The fourth-order valence-corrected chi connectivity index (χ4v) is 3.45. The summed E-state index contributed by atoms with van der Waals surface area (Å²) in [5.74, 6) is 1.55. The molecule has 0 radical (unpaired) electrons. The monoisotopic (exact) mass is 295 g/mol. The average molecular weight is 295 g/mol. The molecule has 2 unspecified atom stereocenters. The Balaban J connectivity index is 1.91. The number of nitrogens with zero attached hydrogens (tertiary/aromatic N) is 1. The van der Waals surface area contributed by atoms with Gasteiger partial charge in [-0.05, 0) is 42.4 Å². The summed E-state index contributed by atoms with van der Waals surface area (Å²) in [6.07, 6.45) is 2.76. The lowest BCUT2D eigenvalue weighted by Crippen LogP contribution is -2.23. The van der Waals surface area contributed by atoms with Gasteiger partial charge in [0.15, 0.2) is 0 Å². The zero-order chi connectivity index (χ0) is 15.4. The first-order valence-electron chi connectivity index (χ1n) is 7.72. The second-order valence-corrected chi connectivity index (χ2v) is 5.77. The zero-order valence-electron chi connectivity index (χ0n) is 12.8. The minimum atomic E-state index is 0.176. The first-order valence-corrected chi connectivity index (χ1v) is 7.72. The molecule has 1 saturated carbocycles. The molecule has 0 amide bonds. The summed E-state index contributed by atoms with van der Waals surface area (Å²) in [6.45, 7) is 0. The normalized spacial score (nSPS) is 23.4. The van der Waals surface area contributed by atoms with Crippen LogP contribution >= 0.6 is 0 Å². The van der Waals surface area contributed by atoms with Crippen molar-refractivity contribution < 1.29 is 9.94 Å². The van der Waals surface area contributed by atoms with E-state index in [2.05, 4.69) is 29.4 Å². The predicted molar refractivity (Wildman–Crippen MR) is 88.0 cm³/mol. The van der Waals surface area contributed by atoms with E-state index in [0.717, 1.165) is 30.7 Å². The largest absolute Gasteiger partial charge is 0.496 e. The number of ether oxygens (including phenoxy) is 1. The number of para-hydroxylation sites is 1. The lowest BCUT2D eigenvalue weighted by Gasteiger charge is -2.31. The van der Waals surface area contributed by atoms with Crippen molar-refractivity contribution >= 4 is 5.71 Å². The SMILES string of the molecule is COc1ccccc1C1CC/C(=N/O)C(c2ccccc2)C1. The summed E-state index contributed by atoms with van der Waals surface area (Å²) in [7, 11) is 1.72. The maximum atomic E-state index is 9.34. The third kappa shape index (κ3) is 2.84. The van der Waals surface area contributed by atoms with Crippen LogP contribution in [0.5, 0.6) is 5.75 Å². The molecule has 0 saturated heterocycles. The van der Waals surface area contributed by atoms with Crippen LogP contribution in [0.25, 0.3) is 0 Å². The van der Waals surface area contributed by atoms with Crippen LogP contribution < -0.4 is 4.74 Å². The molecule has 2 aromatic carbocycles. The Morgan fingerprint density at radius 2 is 1.77 bits per heavy atom. The molecule has 3 rings (SSSR count). The van der Waals surface area contributed by atoms with Gasteiger partial charge in [-0.25, -0.2) is 0 Å². The molecular weight excluding hydrogens is 274 g/mol. The van der Waals surface area contributed by atoms with E-state index in [1.807, 2.05) is 30.3 Å².